The predicted octanol–water partition coefficient (Wildman–Crippen LogP) is 0.685. The van der Waals surface area contributed by atoms with Crippen LogP contribution in [0.1, 0.15) is 13.3 Å². The fourth-order valence-electron chi connectivity index (χ4n) is 0.201. The van der Waals surface area contributed by atoms with Crippen molar-refractivity contribution in [2.75, 3.05) is 0 Å². The van der Waals surface area contributed by atoms with Gasteiger partial charge in [0.1, 0.15) is 0 Å². The molecule has 3 heteroatoms. The molecule has 0 unspecified atom stereocenters. The summed E-state index contributed by atoms with van der Waals surface area (Å²) in [6, 6.07) is 0. The molecular weight excluding hydrogens is 205 g/mol. The fraction of sp³-hybridized carbons (Fsp3) is 0.750. The zero-order chi connectivity index (χ0) is 5.86. The standard InChI is InChI=1S/C4H8INO/c1-2-3(5)4(6)7/h3H,2H2,1H3,(H2,6,7)/t3-/m0/s1. The average molecular weight is 213 g/mol. The van der Waals surface area contributed by atoms with E-state index in [-0.39, 0.29) is 9.83 Å². The van der Waals surface area contributed by atoms with E-state index in [4.69, 9.17) is 5.73 Å². The second-order valence-electron chi connectivity index (χ2n) is 1.28. The van der Waals surface area contributed by atoms with E-state index in [2.05, 4.69) is 0 Å². The smallest absolute Gasteiger partial charge is 0.230 e. The molecular formula is C4H8INO. The molecule has 7 heavy (non-hydrogen) atoms. The molecule has 0 aromatic heterocycles. The highest BCUT2D eigenvalue weighted by Gasteiger charge is 2.04. The van der Waals surface area contributed by atoms with Crippen molar-refractivity contribution in [2.45, 2.75) is 17.3 Å². The Morgan fingerprint density at radius 2 is 2.43 bits per heavy atom. The Kier molecular flexibility index (Phi) is 3.33. The molecule has 42 valence electrons. The minimum atomic E-state index is -0.219. The van der Waals surface area contributed by atoms with Crippen LogP contribution in [0.25, 0.3) is 0 Å². The Morgan fingerprint density at radius 1 is 2.00 bits per heavy atom. The van der Waals surface area contributed by atoms with E-state index in [9.17, 15) is 4.79 Å². The molecule has 0 aliphatic rings. The fourth-order valence-corrected chi connectivity index (χ4v) is 0.201. The van der Waals surface area contributed by atoms with Crippen molar-refractivity contribution in [1.82, 2.24) is 0 Å². The lowest BCUT2D eigenvalue weighted by Crippen LogP contribution is -2.21. The number of nitrogens with two attached hydrogens (primary N) is 1. The lowest BCUT2D eigenvalue weighted by molar-refractivity contribution is -0.117. The second-order valence-corrected chi connectivity index (χ2v) is 2.78. The quantitative estimate of drug-likeness (QED) is 0.532. The van der Waals surface area contributed by atoms with Crippen LogP contribution in [0.4, 0.5) is 0 Å². The Bertz CT molecular complexity index is 74.1. The van der Waals surface area contributed by atoms with Crippen LogP contribution >= 0.6 is 22.6 Å². The van der Waals surface area contributed by atoms with Crippen molar-refractivity contribution in [1.29, 1.82) is 0 Å². The van der Waals surface area contributed by atoms with Crippen LogP contribution in [0.15, 0.2) is 0 Å². The van der Waals surface area contributed by atoms with Gasteiger partial charge in [0.15, 0.2) is 0 Å². The largest absolute Gasteiger partial charge is 0.369 e. The first kappa shape index (κ1) is 7.20. The number of rotatable bonds is 2. The zero-order valence-corrected chi connectivity index (χ0v) is 6.31. The first-order valence-corrected chi connectivity index (χ1v) is 3.36. The third-order valence-corrected chi connectivity index (χ3v) is 2.16. The van der Waals surface area contributed by atoms with Crippen LogP contribution in [0, 0.1) is 0 Å². The molecule has 2 nitrogen and oxygen atoms in total. The summed E-state index contributed by atoms with van der Waals surface area (Å²) in [6.07, 6.45) is 0.829. The van der Waals surface area contributed by atoms with Gasteiger partial charge in [-0.3, -0.25) is 4.79 Å². The summed E-state index contributed by atoms with van der Waals surface area (Å²) in [5.74, 6) is -0.219. The van der Waals surface area contributed by atoms with Gasteiger partial charge in [0.05, 0.1) is 3.92 Å². The summed E-state index contributed by atoms with van der Waals surface area (Å²) in [4.78, 5) is 10.1. The van der Waals surface area contributed by atoms with Gasteiger partial charge in [-0.2, -0.15) is 0 Å². The average Bonchev–Trinajstić information content (AvgIpc) is 1.65. The molecule has 0 saturated carbocycles. The van der Waals surface area contributed by atoms with E-state index in [1.165, 1.54) is 0 Å². The van der Waals surface area contributed by atoms with Crippen LogP contribution in [-0.4, -0.2) is 9.83 Å². The van der Waals surface area contributed by atoms with Crippen LogP contribution in [0.5, 0.6) is 0 Å². The highest BCUT2D eigenvalue weighted by molar-refractivity contribution is 14.1. The Hall–Kier alpha value is 0.200. The van der Waals surface area contributed by atoms with Crippen LogP contribution < -0.4 is 5.73 Å². The Balaban J connectivity index is 3.34. The van der Waals surface area contributed by atoms with Crippen molar-refractivity contribution in [3.8, 4) is 0 Å². The summed E-state index contributed by atoms with van der Waals surface area (Å²) in [5.41, 5.74) is 4.90. The lowest BCUT2D eigenvalue weighted by atomic mass is 10.3. The molecule has 0 aromatic rings. The van der Waals surface area contributed by atoms with Gasteiger partial charge in [-0.15, -0.1) is 0 Å². The Morgan fingerprint density at radius 3 is 2.43 bits per heavy atom. The summed E-state index contributed by atoms with van der Waals surface area (Å²) in [7, 11) is 0. The normalized spacial score (nSPS) is 13.4. The topological polar surface area (TPSA) is 43.1 Å². The zero-order valence-electron chi connectivity index (χ0n) is 4.15. The van der Waals surface area contributed by atoms with Gasteiger partial charge in [-0.05, 0) is 6.42 Å². The maximum Gasteiger partial charge on any atom is 0.230 e. The number of hydrogen-bond donors (Lipinski definition) is 1. The van der Waals surface area contributed by atoms with Gasteiger partial charge < -0.3 is 5.73 Å². The second kappa shape index (κ2) is 3.23. The molecule has 0 radical (unpaired) electrons. The van der Waals surface area contributed by atoms with Gasteiger partial charge >= 0.3 is 0 Å². The molecule has 0 saturated heterocycles. The summed E-state index contributed by atoms with van der Waals surface area (Å²) < 4.78 is 0.0117. The maximum absolute atomic E-state index is 10.1. The molecule has 0 aromatic carbocycles. The number of primary amides is 1. The van der Waals surface area contributed by atoms with Gasteiger partial charge in [0.25, 0.3) is 0 Å². The monoisotopic (exact) mass is 213 g/mol. The van der Waals surface area contributed by atoms with Crippen molar-refractivity contribution < 1.29 is 4.79 Å². The van der Waals surface area contributed by atoms with E-state index in [1.54, 1.807) is 0 Å². The van der Waals surface area contributed by atoms with E-state index in [0.29, 0.717) is 0 Å². The molecule has 0 aliphatic carbocycles. The molecule has 0 aliphatic heterocycles. The SMILES string of the molecule is CC[C@H](I)C(N)=O. The van der Waals surface area contributed by atoms with Gasteiger partial charge in [-0.25, -0.2) is 0 Å². The Labute approximate surface area is 56.6 Å². The highest BCUT2D eigenvalue weighted by Crippen LogP contribution is 2.01. The highest BCUT2D eigenvalue weighted by atomic mass is 127. The van der Waals surface area contributed by atoms with E-state index in [1.807, 2.05) is 29.5 Å². The van der Waals surface area contributed by atoms with E-state index < -0.39 is 0 Å². The molecule has 0 bridgehead atoms. The first-order chi connectivity index (χ1) is 3.18. The minimum Gasteiger partial charge on any atom is -0.369 e. The van der Waals surface area contributed by atoms with Gasteiger partial charge in [0, 0.05) is 0 Å². The van der Waals surface area contributed by atoms with Crippen molar-refractivity contribution in [2.24, 2.45) is 5.73 Å². The molecule has 0 rings (SSSR count). The number of alkyl halides is 1. The predicted molar refractivity (Wildman–Crippen MR) is 37.3 cm³/mol. The molecule has 1 amide bonds. The lowest BCUT2D eigenvalue weighted by Gasteiger charge is -1.95. The number of halogens is 1. The van der Waals surface area contributed by atoms with Crippen LogP contribution in [0.2, 0.25) is 0 Å². The van der Waals surface area contributed by atoms with Crippen molar-refractivity contribution in [3.63, 3.8) is 0 Å². The first-order valence-electron chi connectivity index (χ1n) is 2.12. The van der Waals surface area contributed by atoms with Crippen LogP contribution in [0.3, 0.4) is 0 Å². The molecule has 1 atom stereocenters. The van der Waals surface area contributed by atoms with Crippen molar-refractivity contribution in [3.05, 3.63) is 0 Å². The van der Waals surface area contributed by atoms with Crippen LogP contribution in [-0.2, 0) is 4.79 Å². The number of carbonyl (C=O) groups is 1. The minimum absolute atomic E-state index is 0.0117. The molecule has 0 spiro atoms. The number of hydrogen-bond acceptors (Lipinski definition) is 1. The van der Waals surface area contributed by atoms with E-state index in [0.717, 1.165) is 6.42 Å². The summed E-state index contributed by atoms with van der Waals surface area (Å²) >= 11 is 2.02. The summed E-state index contributed by atoms with van der Waals surface area (Å²) in [5, 5.41) is 0. The van der Waals surface area contributed by atoms with Crippen molar-refractivity contribution >= 4 is 28.5 Å². The summed E-state index contributed by atoms with van der Waals surface area (Å²) in [6.45, 7) is 1.93. The third-order valence-electron chi connectivity index (χ3n) is 0.667. The number of amides is 1. The van der Waals surface area contributed by atoms with Gasteiger partial charge in [0.2, 0.25) is 5.91 Å². The molecule has 2 N–H and O–H groups in total. The molecule has 0 heterocycles. The maximum atomic E-state index is 10.1. The van der Waals surface area contributed by atoms with E-state index >= 15 is 0 Å². The molecule has 0 fully saturated rings. The third kappa shape index (κ3) is 2.85. The number of carbonyl (C=O) groups excluding carboxylic acids is 1. The van der Waals surface area contributed by atoms with Gasteiger partial charge in [-0.1, -0.05) is 29.5 Å².